The van der Waals surface area contributed by atoms with Crippen molar-refractivity contribution in [2.45, 2.75) is 11.4 Å². The number of sulfonamides is 1. The number of fused-ring (bicyclic) bond motifs is 1. The quantitative estimate of drug-likeness (QED) is 0.275. The Balaban J connectivity index is 1.29. The van der Waals surface area contributed by atoms with Crippen molar-refractivity contribution in [3.63, 3.8) is 0 Å². The number of carbonyl (C=O) groups excluding carboxylic acids is 1. The molecular weight excluding hydrogens is 490 g/mol. The molecule has 1 N–H and O–H groups in total. The van der Waals surface area contributed by atoms with Crippen LogP contribution in [0.25, 0.3) is 0 Å². The molecule has 5 rings (SSSR count). The lowest BCUT2D eigenvalue weighted by atomic mass is 10.1. The first-order chi connectivity index (χ1) is 18.0. The van der Waals surface area contributed by atoms with Gasteiger partial charge in [-0.1, -0.05) is 48.5 Å². The van der Waals surface area contributed by atoms with E-state index in [-0.39, 0.29) is 24.1 Å². The van der Waals surface area contributed by atoms with Gasteiger partial charge in [0.05, 0.1) is 23.3 Å². The van der Waals surface area contributed by atoms with Crippen LogP contribution < -0.4 is 19.2 Å². The smallest absolute Gasteiger partial charge is 0.271 e. The van der Waals surface area contributed by atoms with Gasteiger partial charge in [0.25, 0.3) is 15.9 Å². The molecule has 186 valence electrons. The van der Waals surface area contributed by atoms with Crippen molar-refractivity contribution in [2.75, 3.05) is 11.1 Å². The van der Waals surface area contributed by atoms with E-state index in [0.29, 0.717) is 22.7 Å². The van der Waals surface area contributed by atoms with Gasteiger partial charge in [-0.05, 0) is 65.7 Å². The Labute approximate surface area is 214 Å². The summed E-state index contributed by atoms with van der Waals surface area (Å²) in [6, 6.07) is 29.3. The summed E-state index contributed by atoms with van der Waals surface area (Å²) in [6.07, 6.45) is 1.51. The van der Waals surface area contributed by atoms with E-state index in [0.717, 1.165) is 11.1 Å². The third-order valence-corrected chi connectivity index (χ3v) is 7.48. The number of hydrazone groups is 1. The summed E-state index contributed by atoms with van der Waals surface area (Å²) in [5.41, 5.74) is 4.91. The first-order valence-electron chi connectivity index (χ1n) is 11.5. The predicted molar refractivity (Wildman–Crippen MR) is 140 cm³/mol. The molecular formula is C28H23N3O5S. The van der Waals surface area contributed by atoms with Gasteiger partial charge in [0.15, 0.2) is 11.5 Å². The van der Waals surface area contributed by atoms with Crippen LogP contribution in [0.1, 0.15) is 21.5 Å². The number of nitrogens with zero attached hydrogens (tertiary/aromatic N) is 2. The molecule has 4 aromatic carbocycles. The van der Waals surface area contributed by atoms with Crippen LogP contribution in [0.2, 0.25) is 0 Å². The normalized spacial score (nSPS) is 12.4. The number of amides is 1. The summed E-state index contributed by atoms with van der Waals surface area (Å²) < 4.78 is 38.9. The van der Waals surface area contributed by atoms with Gasteiger partial charge in [-0.25, -0.2) is 13.8 Å². The Bertz CT molecular complexity index is 1520. The lowest BCUT2D eigenvalue weighted by Gasteiger charge is -2.24. The average Bonchev–Trinajstić information content (AvgIpc) is 3.41. The van der Waals surface area contributed by atoms with E-state index in [9.17, 15) is 13.2 Å². The summed E-state index contributed by atoms with van der Waals surface area (Å²) in [5.74, 6) is 0.911. The number of carbonyl (C=O) groups is 1. The summed E-state index contributed by atoms with van der Waals surface area (Å²) in [6.45, 7) is 0.287. The van der Waals surface area contributed by atoms with Crippen LogP contribution in [0.3, 0.4) is 0 Å². The first kappa shape index (κ1) is 24.1. The molecule has 0 atom stereocenters. The van der Waals surface area contributed by atoms with Crippen molar-refractivity contribution in [1.29, 1.82) is 0 Å². The van der Waals surface area contributed by atoms with Crippen molar-refractivity contribution in [3.05, 3.63) is 120 Å². The van der Waals surface area contributed by atoms with Gasteiger partial charge in [-0.2, -0.15) is 5.10 Å². The zero-order chi connectivity index (χ0) is 25.7. The number of hydrogen-bond acceptors (Lipinski definition) is 6. The molecule has 0 aromatic heterocycles. The Morgan fingerprint density at radius 3 is 2.27 bits per heavy atom. The van der Waals surface area contributed by atoms with Crippen LogP contribution in [0, 0.1) is 0 Å². The molecule has 9 heteroatoms. The zero-order valence-corrected chi connectivity index (χ0v) is 20.5. The molecule has 0 fully saturated rings. The predicted octanol–water partition coefficient (Wildman–Crippen LogP) is 4.57. The molecule has 4 aromatic rings. The molecule has 0 saturated heterocycles. The van der Waals surface area contributed by atoms with Crippen LogP contribution >= 0.6 is 0 Å². The third kappa shape index (κ3) is 5.46. The second-order valence-electron chi connectivity index (χ2n) is 8.17. The SMILES string of the molecule is O=C(N/N=C/c1ccc2c(c1)OCO2)c1ccc(CN(c2ccccc2)S(=O)(=O)c2ccccc2)cc1. The van der Waals surface area contributed by atoms with Gasteiger partial charge in [0, 0.05) is 5.56 Å². The number of nitrogens with one attached hydrogen (secondary N) is 1. The fraction of sp³-hybridized carbons (Fsp3) is 0.0714. The Morgan fingerprint density at radius 1 is 0.865 bits per heavy atom. The monoisotopic (exact) mass is 513 g/mol. The van der Waals surface area contributed by atoms with Crippen molar-refractivity contribution in [2.24, 2.45) is 5.10 Å². The zero-order valence-electron chi connectivity index (χ0n) is 19.7. The highest BCUT2D eigenvalue weighted by Gasteiger charge is 2.25. The minimum Gasteiger partial charge on any atom is -0.454 e. The highest BCUT2D eigenvalue weighted by atomic mass is 32.2. The van der Waals surface area contributed by atoms with Gasteiger partial charge in [-0.15, -0.1) is 0 Å². The van der Waals surface area contributed by atoms with Crippen LogP contribution in [0.4, 0.5) is 5.69 Å². The Morgan fingerprint density at radius 2 is 1.54 bits per heavy atom. The number of anilines is 1. The topological polar surface area (TPSA) is 97.3 Å². The molecule has 1 aliphatic heterocycles. The number of hydrogen-bond donors (Lipinski definition) is 1. The standard InChI is InChI=1S/C28H23N3O5S/c32-28(30-29-18-22-13-16-26-27(17-22)36-20-35-26)23-14-11-21(12-15-23)19-31(24-7-3-1-4-8-24)37(33,34)25-9-5-2-6-10-25/h1-18H,19-20H2,(H,30,32)/b29-18+. The fourth-order valence-corrected chi connectivity index (χ4v) is 5.25. The molecule has 1 aliphatic rings. The van der Waals surface area contributed by atoms with Gasteiger partial charge in [-0.3, -0.25) is 9.10 Å². The van der Waals surface area contributed by atoms with Crippen molar-refractivity contribution in [3.8, 4) is 11.5 Å². The van der Waals surface area contributed by atoms with E-state index in [1.165, 1.54) is 10.5 Å². The average molecular weight is 514 g/mol. The maximum absolute atomic E-state index is 13.4. The summed E-state index contributed by atoms with van der Waals surface area (Å²) in [5, 5.41) is 4.01. The molecule has 1 amide bonds. The maximum Gasteiger partial charge on any atom is 0.271 e. The van der Waals surface area contributed by atoms with Gasteiger partial charge in [0.2, 0.25) is 6.79 Å². The number of ether oxygens (including phenoxy) is 2. The minimum atomic E-state index is -3.80. The molecule has 0 spiro atoms. The molecule has 0 bridgehead atoms. The largest absolute Gasteiger partial charge is 0.454 e. The molecule has 8 nitrogen and oxygen atoms in total. The van der Waals surface area contributed by atoms with E-state index < -0.39 is 10.0 Å². The molecule has 0 unspecified atom stereocenters. The van der Waals surface area contributed by atoms with Crippen molar-refractivity contribution >= 4 is 27.8 Å². The van der Waals surface area contributed by atoms with E-state index in [1.807, 2.05) is 6.07 Å². The first-order valence-corrected chi connectivity index (χ1v) is 12.9. The second-order valence-corrected chi connectivity index (χ2v) is 10.0. The minimum absolute atomic E-state index is 0.103. The molecule has 0 aliphatic carbocycles. The van der Waals surface area contributed by atoms with E-state index in [2.05, 4.69) is 10.5 Å². The van der Waals surface area contributed by atoms with Crippen LogP contribution in [-0.4, -0.2) is 27.3 Å². The summed E-state index contributed by atoms with van der Waals surface area (Å²) in [4.78, 5) is 12.7. The third-order valence-electron chi connectivity index (χ3n) is 5.69. The summed E-state index contributed by atoms with van der Waals surface area (Å²) in [7, 11) is -3.80. The number of para-hydroxylation sites is 1. The number of rotatable bonds is 8. The van der Waals surface area contributed by atoms with E-state index in [4.69, 9.17) is 9.47 Å². The molecule has 37 heavy (non-hydrogen) atoms. The lowest BCUT2D eigenvalue weighted by molar-refractivity contribution is 0.0955. The molecule has 1 heterocycles. The molecule has 0 saturated carbocycles. The highest BCUT2D eigenvalue weighted by molar-refractivity contribution is 7.92. The number of benzene rings is 4. The Kier molecular flexibility index (Phi) is 6.87. The fourth-order valence-electron chi connectivity index (χ4n) is 3.78. The van der Waals surface area contributed by atoms with Gasteiger partial charge < -0.3 is 9.47 Å². The summed E-state index contributed by atoms with van der Waals surface area (Å²) >= 11 is 0. The van der Waals surface area contributed by atoms with Crippen molar-refractivity contribution in [1.82, 2.24) is 5.43 Å². The van der Waals surface area contributed by atoms with Gasteiger partial charge >= 0.3 is 0 Å². The van der Waals surface area contributed by atoms with Crippen LogP contribution in [0.15, 0.2) is 113 Å². The van der Waals surface area contributed by atoms with Crippen LogP contribution in [-0.2, 0) is 16.6 Å². The van der Waals surface area contributed by atoms with Crippen molar-refractivity contribution < 1.29 is 22.7 Å². The van der Waals surface area contributed by atoms with Crippen LogP contribution in [0.5, 0.6) is 11.5 Å². The second kappa shape index (κ2) is 10.5. The molecule has 0 radical (unpaired) electrons. The maximum atomic E-state index is 13.4. The highest BCUT2D eigenvalue weighted by Crippen LogP contribution is 2.32. The van der Waals surface area contributed by atoms with E-state index >= 15 is 0 Å². The lowest BCUT2D eigenvalue weighted by Crippen LogP contribution is -2.30. The Hall–Kier alpha value is -4.63. The van der Waals surface area contributed by atoms with E-state index in [1.54, 1.807) is 97.1 Å². The van der Waals surface area contributed by atoms with Gasteiger partial charge in [0.1, 0.15) is 0 Å².